The fraction of sp³-hybridized carbons (Fsp3) is 0.409. The summed E-state index contributed by atoms with van der Waals surface area (Å²) in [5.41, 5.74) is 1.47. The zero-order valence-corrected chi connectivity index (χ0v) is 19.3. The normalized spacial score (nSPS) is 15.6. The van der Waals surface area contributed by atoms with Crippen molar-refractivity contribution in [3.63, 3.8) is 0 Å². The number of carbonyl (C=O) groups is 1. The van der Waals surface area contributed by atoms with E-state index >= 15 is 0 Å². The van der Waals surface area contributed by atoms with Crippen molar-refractivity contribution in [3.8, 4) is 0 Å². The number of aromatic nitrogens is 4. The van der Waals surface area contributed by atoms with Gasteiger partial charge in [-0.05, 0) is 26.0 Å². The molecular weight excluding hydrogens is 426 g/mol. The molecule has 0 saturated carbocycles. The van der Waals surface area contributed by atoms with Crippen molar-refractivity contribution in [2.75, 3.05) is 18.0 Å². The van der Waals surface area contributed by atoms with E-state index in [0.29, 0.717) is 5.65 Å². The molecule has 11 heteroatoms. The Morgan fingerprint density at radius 3 is 2.36 bits per heavy atom. The van der Waals surface area contributed by atoms with Crippen LogP contribution < -0.4 is 16.1 Å². The van der Waals surface area contributed by atoms with E-state index < -0.39 is 17.5 Å². The molecule has 11 nitrogen and oxygen atoms in total. The number of benzene rings is 1. The van der Waals surface area contributed by atoms with Crippen molar-refractivity contribution >= 4 is 28.7 Å². The topological polar surface area (TPSA) is 107 Å². The number of fused-ring (bicyclic) bond motifs is 1. The van der Waals surface area contributed by atoms with Gasteiger partial charge in [0.25, 0.3) is 5.56 Å². The van der Waals surface area contributed by atoms with Gasteiger partial charge in [-0.25, -0.2) is 9.78 Å². The average molecular weight is 454 g/mol. The Labute approximate surface area is 190 Å². The number of hydrogen-bond acceptors (Lipinski definition) is 7. The molecule has 1 amide bonds. The minimum Gasteiger partial charge on any atom is -0.448 e. The molecule has 0 spiro atoms. The molecule has 1 aliphatic rings. The van der Waals surface area contributed by atoms with Gasteiger partial charge in [-0.3, -0.25) is 18.7 Å². The van der Waals surface area contributed by atoms with Gasteiger partial charge < -0.3 is 14.2 Å². The van der Waals surface area contributed by atoms with Crippen molar-refractivity contribution in [3.05, 3.63) is 57.0 Å². The van der Waals surface area contributed by atoms with Gasteiger partial charge in [0, 0.05) is 45.4 Å². The molecule has 0 fully saturated rings. The van der Waals surface area contributed by atoms with E-state index in [-0.39, 0.29) is 23.9 Å². The molecule has 1 atom stereocenters. The van der Waals surface area contributed by atoms with Crippen LogP contribution in [0.1, 0.15) is 32.6 Å². The second-order valence-corrected chi connectivity index (χ2v) is 7.84. The number of carbonyl (C=O) groups excluding carboxylic acids is 1. The zero-order chi connectivity index (χ0) is 23.9. The number of ether oxygens (including phenoxy) is 1. The monoisotopic (exact) mass is 453 g/mol. The standard InChI is InChI=1S/C22H27N7O4/c1-6-27(7-2)16-10-8-15(9-11-16)21-29(14(3)30)24-17(33-21)12-28-13-23-18-19(28)25(4)22(32)26(5)20(18)31/h8-11,13,21H,6-7,12H2,1-5H3/t21-/m1/s1. The van der Waals surface area contributed by atoms with Crippen molar-refractivity contribution in [2.24, 2.45) is 19.2 Å². The highest BCUT2D eigenvalue weighted by atomic mass is 16.5. The van der Waals surface area contributed by atoms with Crippen molar-refractivity contribution in [1.29, 1.82) is 0 Å². The SMILES string of the molecule is CCN(CC)c1ccc([C@H]2OC(Cn3cnc4c(=O)n(C)c(=O)n(C)c43)=NN2C(C)=O)cc1. The van der Waals surface area contributed by atoms with Crippen LogP contribution >= 0.6 is 0 Å². The smallest absolute Gasteiger partial charge is 0.332 e. The molecule has 0 saturated heterocycles. The Morgan fingerprint density at radius 2 is 1.76 bits per heavy atom. The summed E-state index contributed by atoms with van der Waals surface area (Å²) in [7, 11) is 2.98. The quantitative estimate of drug-likeness (QED) is 0.555. The van der Waals surface area contributed by atoms with Crippen LogP contribution in [0.3, 0.4) is 0 Å². The second-order valence-electron chi connectivity index (χ2n) is 7.84. The lowest BCUT2D eigenvalue weighted by Crippen LogP contribution is -2.37. The molecule has 0 unspecified atom stereocenters. The molecule has 0 N–H and O–H groups in total. The minimum absolute atomic E-state index is 0.106. The predicted molar refractivity (Wildman–Crippen MR) is 124 cm³/mol. The van der Waals surface area contributed by atoms with Gasteiger partial charge in [-0.1, -0.05) is 12.1 Å². The molecule has 0 radical (unpaired) electrons. The molecule has 4 rings (SSSR count). The highest BCUT2D eigenvalue weighted by Crippen LogP contribution is 2.30. The Kier molecular flexibility index (Phi) is 5.79. The number of hydrogen-bond donors (Lipinski definition) is 0. The summed E-state index contributed by atoms with van der Waals surface area (Å²) >= 11 is 0. The van der Waals surface area contributed by atoms with Crippen molar-refractivity contribution < 1.29 is 9.53 Å². The van der Waals surface area contributed by atoms with E-state index in [2.05, 4.69) is 28.8 Å². The van der Waals surface area contributed by atoms with Crippen LogP contribution in [-0.2, 0) is 30.2 Å². The number of aryl methyl sites for hydroxylation is 1. The number of imidazole rings is 1. The fourth-order valence-electron chi connectivity index (χ4n) is 4.03. The lowest BCUT2D eigenvalue weighted by atomic mass is 10.1. The molecule has 3 heterocycles. The van der Waals surface area contributed by atoms with Crippen molar-refractivity contribution in [1.82, 2.24) is 23.7 Å². The van der Waals surface area contributed by atoms with Gasteiger partial charge in [0.15, 0.2) is 5.52 Å². The highest BCUT2D eigenvalue weighted by molar-refractivity contribution is 5.83. The van der Waals surface area contributed by atoms with Crippen molar-refractivity contribution in [2.45, 2.75) is 33.5 Å². The van der Waals surface area contributed by atoms with Gasteiger partial charge in [-0.15, -0.1) is 5.10 Å². The molecule has 1 aliphatic heterocycles. The summed E-state index contributed by atoms with van der Waals surface area (Å²) in [6.07, 6.45) is 0.761. The second kappa shape index (κ2) is 8.57. The van der Waals surface area contributed by atoms with Gasteiger partial charge in [-0.2, -0.15) is 5.01 Å². The number of amides is 1. The van der Waals surface area contributed by atoms with Gasteiger partial charge in [0.05, 0.1) is 6.33 Å². The first-order valence-corrected chi connectivity index (χ1v) is 10.8. The molecule has 0 aliphatic carbocycles. The molecule has 174 valence electrons. The van der Waals surface area contributed by atoms with E-state index in [1.54, 1.807) is 11.6 Å². The van der Waals surface area contributed by atoms with E-state index in [1.165, 1.54) is 29.9 Å². The Hall–Kier alpha value is -3.89. The minimum atomic E-state index is -0.699. The first-order chi connectivity index (χ1) is 15.8. The number of nitrogens with zero attached hydrogens (tertiary/aromatic N) is 7. The zero-order valence-electron chi connectivity index (χ0n) is 19.3. The van der Waals surface area contributed by atoms with Crippen LogP contribution in [0.5, 0.6) is 0 Å². The average Bonchev–Trinajstić information content (AvgIpc) is 3.43. The summed E-state index contributed by atoms with van der Waals surface area (Å²) in [5, 5.41) is 5.65. The third-order valence-electron chi connectivity index (χ3n) is 5.83. The largest absolute Gasteiger partial charge is 0.448 e. The number of hydrazone groups is 1. The molecule has 0 bridgehead atoms. The molecule has 2 aromatic heterocycles. The molecular formula is C22H27N7O4. The van der Waals surface area contributed by atoms with Gasteiger partial charge in [0.2, 0.25) is 18.0 Å². The fourth-order valence-corrected chi connectivity index (χ4v) is 4.03. The van der Waals surface area contributed by atoms with Gasteiger partial charge >= 0.3 is 5.69 Å². The molecule has 3 aromatic rings. The summed E-state index contributed by atoms with van der Waals surface area (Å²) < 4.78 is 10.0. The Morgan fingerprint density at radius 1 is 1.09 bits per heavy atom. The van der Waals surface area contributed by atoms with Crippen LogP contribution in [0, 0.1) is 0 Å². The lowest BCUT2D eigenvalue weighted by Gasteiger charge is -2.23. The van der Waals surface area contributed by atoms with Crippen LogP contribution in [0.25, 0.3) is 11.2 Å². The summed E-state index contributed by atoms with van der Waals surface area (Å²) in [6.45, 7) is 7.52. The van der Waals surface area contributed by atoms with E-state index in [4.69, 9.17) is 4.74 Å². The summed E-state index contributed by atoms with van der Waals surface area (Å²) in [5.74, 6) is 0.00928. The molecule has 1 aromatic carbocycles. The van der Waals surface area contributed by atoms with Crippen LogP contribution in [0.15, 0.2) is 45.3 Å². The van der Waals surface area contributed by atoms with E-state index in [0.717, 1.165) is 28.9 Å². The third kappa shape index (κ3) is 3.79. The van der Waals surface area contributed by atoms with E-state index in [9.17, 15) is 14.4 Å². The number of rotatable bonds is 6. The van der Waals surface area contributed by atoms with Crippen LogP contribution in [0.4, 0.5) is 5.69 Å². The molecule has 33 heavy (non-hydrogen) atoms. The first-order valence-electron chi connectivity index (χ1n) is 10.8. The maximum absolute atomic E-state index is 12.4. The Bertz CT molecular complexity index is 1350. The first kappa shape index (κ1) is 22.3. The highest BCUT2D eigenvalue weighted by Gasteiger charge is 2.33. The maximum atomic E-state index is 12.4. The maximum Gasteiger partial charge on any atom is 0.332 e. The number of anilines is 1. The Balaban J connectivity index is 1.64. The van der Waals surface area contributed by atoms with Crippen LogP contribution in [-0.4, -0.2) is 48.6 Å². The van der Waals surface area contributed by atoms with Crippen LogP contribution in [0.2, 0.25) is 0 Å². The van der Waals surface area contributed by atoms with Gasteiger partial charge in [0.1, 0.15) is 12.2 Å². The third-order valence-corrected chi connectivity index (χ3v) is 5.83. The van der Waals surface area contributed by atoms with E-state index in [1.807, 2.05) is 24.3 Å². The summed E-state index contributed by atoms with van der Waals surface area (Å²) in [6, 6.07) is 7.84. The summed E-state index contributed by atoms with van der Waals surface area (Å²) in [4.78, 5) is 43.4. The lowest BCUT2D eigenvalue weighted by molar-refractivity contribution is -0.135. The predicted octanol–water partition coefficient (Wildman–Crippen LogP) is 1.17.